The van der Waals surface area contributed by atoms with Gasteiger partial charge in [-0.05, 0) is 45.2 Å². The molecule has 3 nitrogen and oxygen atoms in total. The maximum atomic E-state index is 6.11. The van der Waals surface area contributed by atoms with Crippen molar-refractivity contribution in [3.05, 3.63) is 12.2 Å². The van der Waals surface area contributed by atoms with Gasteiger partial charge in [0.2, 0.25) is 0 Å². The van der Waals surface area contributed by atoms with Crippen LogP contribution in [0.3, 0.4) is 0 Å². The van der Waals surface area contributed by atoms with Crippen LogP contribution in [0.25, 0.3) is 0 Å². The van der Waals surface area contributed by atoms with E-state index in [1.807, 2.05) is 0 Å². The Bertz CT molecular complexity index is 286. The summed E-state index contributed by atoms with van der Waals surface area (Å²) >= 11 is 0. The first-order valence-corrected chi connectivity index (χ1v) is 7.56. The maximum Gasteiger partial charge on any atom is 0.161 e. The average Bonchev–Trinajstić information content (AvgIpc) is 2.89. The molecule has 0 bridgehead atoms. The summed E-state index contributed by atoms with van der Waals surface area (Å²) in [6, 6.07) is 0. The Balaban J connectivity index is 1.44. The van der Waals surface area contributed by atoms with Crippen molar-refractivity contribution in [3.63, 3.8) is 0 Å². The number of piperidine rings is 1. The Labute approximate surface area is 110 Å². The van der Waals surface area contributed by atoms with Crippen molar-refractivity contribution in [2.45, 2.75) is 50.9 Å². The molecule has 0 aromatic carbocycles. The molecule has 102 valence electrons. The lowest BCUT2D eigenvalue weighted by Crippen LogP contribution is -2.37. The van der Waals surface area contributed by atoms with E-state index < -0.39 is 0 Å². The second kappa shape index (κ2) is 6.18. The molecule has 2 heterocycles. The summed E-state index contributed by atoms with van der Waals surface area (Å²) < 4.78 is 12.0. The first kappa shape index (κ1) is 12.6. The van der Waals surface area contributed by atoms with Crippen LogP contribution >= 0.6 is 0 Å². The Morgan fingerprint density at radius 3 is 2.78 bits per heavy atom. The largest absolute Gasteiger partial charge is 0.350 e. The van der Waals surface area contributed by atoms with Crippen LogP contribution in [-0.2, 0) is 9.47 Å². The summed E-state index contributed by atoms with van der Waals surface area (Å²) in [7, 11) is 0. The Hall–Kier alpha value is -0.380. The molecule has 0 spiro atoms. The van der Waals surface area contributed by atoms with Crippen molar-refractivity contribution in [1.82, 2.24) is 4.90 Å². The van der Waals surface area contributed by atoms with Gasteiger partial charge in [0.15, 0.2) is 6.29 Å². The topological polar surface area (TPSA) is 21.7 Å². The van der Waals surface area contributed by atoms with E-state index >= 15 is 0 Å². The molecule has 2 saturated heterocycles. The molecule has 18 heavy (non-hydrogen) atoms. The fourth-order valence-electron chi connectivity index (χ4n) is 3.31. The zero-order valence-electron chi connectivity index (χ0n) is 11.2. The third-order valence-electron chi connectivity index (χ3n) is 4.38. The van der Waals surface area contributed by atoms with Crippen LogP contribution in [0.5, 0.6) is 0 Å². The standard InChI is InChI=1S/C15H25NO2/c1-3-7-13(8-4-1)15-17-12-14(18-15)11-16-9-5-2-6-10-16/h1,3,13-15H,2,4-12H2/t13-,14-,15+/m0/s1. The van der Waals surface area contributed by atoms with E-state index in [9.17, 15) is 0 Å². The van der Waals surface area contributed by atoms with Gasteiger partial charge >= 0.3 is 0 Å². The average molecular weight is 251 g/mol. The molecule has 2 fully saturated rings. The highest BCUT2D eigenvalue weighted by molar-refractivity contribution is 4.92. The summed E-state index contributed by atoms with van der Waals surface area (Å²) in [5, 5.41) is 0. The van der Waals surface area contributed by atoms with Gasteiger partial charge in [0.25, 0.3) is 0 Å². The van der Waals surface area contributed by atoms with E-state index in [1.54, 1.807) is 0 Å². The van der Waals surface area contributed by atoms with Crippen LogP contribution in [0.2, 0.25) is 0 Å². The van der Waals surface area contributed by atoms with Gasteiger partial charge < -0.3 is 14.4 Å². The molecule has 2 aliphatic heterocycles. The fourth-order valence-corrected chi connectivity index (χ4v) is 3.31. The second-order valence-electron chi connectivity index (χ2n) is 5.87. The highest BCUT2D eigenvalue weighted by atomic mass is 16.7. The molecule has 0 N–H and O–H groups in total. The number of allylic oxidation sites excluding steroid dienone is 2. The molecule has 0 aromatic heterocycles. The monoisotopic (exact) mass is 251 g/mol. The molecular formula is C15H25NO2. The lowest BCUT2D eigenvalue weighted by Gasteiger charge is -2.29. The normalized spacial score (nSPS) is 38.1. The van der Waals surface area contributed by atoms with Crippen LogP contribution in [-0.4, -0.2) is 43.5 Å². The van der Waals surface area contributed by atoms with E-state index in [0.717, 1.165) is 19.6 Å². The smallest absolute Gasteiger partial charge is 0.161 e. The van der Waals surface area contributed by atoms with Crippen LogP contribution < -0.4 is 0 Å². The molecular weight excluding hydrogens is 226 g/mol. The van der Waals surface area contributed by atoms with Crippen molar-refractivity contribution in [3.8, 4) is 0 Å². The molecule has 0 amide bonds. The minimum atomic E-state index is 0.0599. The van der Waals surface area contributed by atoms with Crippen molar-refractivity contribution in [2.75, 3.05) is 26.2 Å². The summed E-state index contributed by atoms with van der Waals surface area (Å²) in [4.78, 5) is 2.54. The molecule has 0 aromatic rings. The van der Waals surface area contributed by atoms with Gasteiger partial charge in [-0.25, -0.2) is 0 Å². The quantitative estimate of drug-likeness (QED) is 0.720. The molecule has 3 aliphatic rings. The van der Waals surface area contributed by atoms with E-state index in [0.29, 0.717) is 12.0 Å². The Kier molecular flexibility index (Phi) is 4.34. The predicted octanol–water partition coefficient (Wildman–Crippen LogP) is 2.57. The van der Waals surface area contributed by atoms with Gasteiger partial charge in [0.05, 0.1) is 12.7 Å². The zero-order chi connectivity index (χ0) is 12.2. The fraction of sp³-hybridized carbons (Fsp3) is 0.867. The second-order valence-corrected chi connectivity index (χ2v) is 5.87. The highest BCUT2D eigenvalue weighted by Crippen LogP contribution is 2.29. The van der Waals surface area contributed by atoms with Gasteiger partial charge in [0, 0.05) is 12.5 Å². The van der Waals surface area contributed by atoms with Crippen molar-refractivity contribution >= 4 is 0 Å². The number of rotatable bonds is 3. The van der Waals surface area contributed by atoms with E-state index in [4.69, 9.17) is 9.47 Å². The minimum absolute atomic E-state index is 0.0599. The Morgan fingerprint density at radius 1 is 1.11 bits per heavy atom. The first-order chi connectivity index (χ1) is 8.92. The van der Waals surface area contributed by atoms with Crippen molar-refractivity contribution in [1.29, 1.82) is 0 Å². The van der Waals surface area contributed by atoms with E-state index in [-0.39, 0.29) is 6.29 Å². The lowest BCUT2D eigenvalue weighted by molar-refractivity contribution is -0.101. The van der Waals surface area contributed by atoms with Crippen LogP contribution in [0.4, 0.5) is 0 Å². The molecule has 0 saturated carbocycles. The summed E-state index contributed by atoms with van der Waals surface area (Å²) in [5.41, 5.74) is 0. The number of hydrogen-bond acceptors (Lipinski definition) is 3. The van der Waals surface area contributed by atoms with Crippen LogP contribution in [0, 0.1) is 5.92 Å². The molecule has 0 radical (unpaired) electrons. The number of nitrogens with zero attached hydrogens (tertiary/aromatic N) is 1. The van der Waals surface area contributed by atoms with Gasteiger partial charge in [-0.1, -0.05) is 18.6 Å². The third-order valence-corrected chi connectivity index (χ3v) is 4.38. The molecule has 0 unspecified atom stereocenters. The van der Waals surface area contributed by atoms with Gasteiger partial charge in [-0.2, -0.15) is 0 Å². The van der Waals surface area contributed by atoms with Crippen molar-refractivity contribution in [2.24, 2.45) is 5.92 Å². The van der Waals surface area contributed by atoms with Gasteiger partial charge in [0.1, 0.15) is 0 Å². The Morgan fingerprint density at radius 2 is 2.00 bits per heavy atom. The lowest BCUT2D eigenvalue weighted by atomic mass is 9.94. The third kappa shape index (κ3) is 3.14. The van der Waals surface area contributed by atoms with Gasteiger partial charge in [-0.15, -0.1) is 0 Å². The summed E-state index contributed by atoms with van der Waals surface area (Å²) in [5.74, 6) is 0.585. The summed E-state index contributed by atoms with van der Waals surface area (Å²) in [6.07, 6.45) is 12.5. The zero-order valence-corrected chi connectivity index (χ0v) is 11.2. The van der Waals surface area contributed by atoms with Crippen LogP contribution in [0.1, 0.15) is 38.5 Å². The first-order valence-electron chi connectivity index (χ1n) is 7.56. The SMILES string of the molecule is C1=CC[C@H]([C@@H]2OC[C@H](CN3CCCCC3)O2)CC1. The minimum Gasteiger partial charge on any atom is -0.350 e. The molecule has 3 rings (SSSR count). The van der Waals surface area contributed by atoms with E-state index in [1.165, 1.54) is 45.2 Å². The molecule has 1 aliphatic carbocycles. The number of ether oxygens (including phenoxy) is 2. The van der Waals surface area contributed by atoms with Gasteiger partial charge in [-0.3, -0.25) is 0 Å². The maximum absolute atomic E-state index is 6.11. The molecule has 3 atom stereocenters. The molecule has 3 heteroatoms. The highest BCUT2D eigenvalue weighted by Gasteiger charge is 2.33. The van der Waals surface area contributed by atoms with Crippen LogP contribution in [0.15, 0.2) is 12.2 Å². The van der Waals surface area contributed by atoms with E-state index in [2.05, 4.69) is 17.1 Å². The number of hydrogen-bond donors (Lipinski definition) is 0. The van der Waals surface area contributed by atoms with Crippen molar-refractivity contribution < 1.29 is 9.47 Å². The number of likely N-dealkylation sites (tertiary alicyclic amines) is 1. The summed E-state index contributed by atoms with van der Waals surface area (Å²) in [6.45, 7) is 4.35. The predicted molar refractivity (Wildman–Crippen MR) is 71.4 cm³/mol.